The Hall–Kier alpha value is -1.06. The van der Waals surface area contributed by atoms with E-state index < -0.39 is 16.8 Å². The SMILES string of the molecule is COC(=O)C1CC[C@](C)(C(=O)O)C1(C)C. The lowest BCUT2D eigenvalue weighted by molar-refractivity contribution is -0.159. The van der Waals surface area contributed by atoms with Crippen molar-refractivity contribution in [1.82, 2.24) is 0 Å². The van der Waals surface area contributed by atoms with E-state index in [1.807, 2.05) is 13.8 Å². The zero-order valence-electron chi connectivity index (χ0n) is 9.66. The third kappa shape index (κ3) is 1.52. The molecule has 1 N–H and O–H groups in total. The maximum atomic E-state index is 11.5. The summed E-state index contributed by atoms with van der Waals surface area (Å²) in [4.78, 5) is 22.8. The molecule has 1 saturated carbocycles. The molecule has 1 aliphatic rings. The van der Waals surface area contributed by atoms with Crippen molar-refractivity contribution in [3.63, 3.8) is 0 Å². The van der Waals surface area contributed by atoms with Gasteiger partial charge in [0.25, 0.3) is 0 Å². The first kappa shape index (κ1) is 12.0. The Morgan fingerprint density at radius 1 is 1.33 bits per heavy atom. The first-order chi connectivity index (χ1) is 6.77. The number of carbonyl (C=O) groups excluding carboxylic acids is 1. The van der Waals surface area contributed by atoms with E-state index in [2.05, 4.69) is 0 Å². The van der Waals surface area contributed by atoms with Gasteiger partial charge in [-0.1, -0.05) is 13.8 Å². The summed E-state index contributed by atoms with van der Waals surface area (Å²) in [5.41, 5.74) is -1.40. The molecule has 0 aromatic rings. The van der Waals surface area contributed by atoms with Gasteiger partial charge in [0, 0.05) is 0 Å². The Bertz CT molecular complexity index is 295. The van der Waals surface area contributed by atoms with Crippen LogP contribution < -0.4 is 0 Å². The van der Waals surface area contributed by atoms with Crippen molar-refractivity contribution in [1.29, 1.82) is 0 Å². The summed E-state index contributed by atoms with van der Waals surface area (Å²) in [6.07, 6.45) is 1.11. The number of carboxylic acids is 1. The van der Waals surface area contributed by atoms with Crippen molar-refractivity contribution in [2.24, 2.45) is 16.7 Å². The van der Waals surface area contributed by atoms with E-state index in [1.54, 1.807) is 6.92 Å². The smallest absolute Gasteiger partial charge is 0.309 e. The lowest BCUT2D eigenvalue weighted by atomic mass is 9.66. The molecule has 0 heterocycles. The maximum Gasteiger partial charge on any atom is 0.309 e. The van der Waals surface area contributed by atoms with Crippen LogP contribution in [-0.4, -0.2) is 24.2 Å². The zero-order chi connectivity index (χ0) is 11.9. The lowest BCUT2D eigenvalue weighted by Crippen LogP contribution is -2.42. The Morgan fingerprint density at radius 3 is 2.20 bits per heavy atom. The molecule has 0 aromatic carbocycles. The molecule has 86 valence electrons. The molecule has 0 spiro atoms. The van der Waals surface area contributed by atoms with Crippen molar-refractivity contribution in [2.75, 3.05) is 7.11 Å². The largest absolute Gasteiger partial charge is 0.481 e. The highest BCUT2D eigenvalue weighted by Gasteiger charge is 2.58. The van der Waals surface area contributed by atoms with Crippen LogP contribution in [0.1, 0.15) is 33.6 Å². The first-order valence-corrected chi connectivity index (χ1v) is 5.08. The number of carboxylic acid groups (broad SMARTS) is 1. The molecular weight excluding hydrogens is 196 g/mol. The molecular formula is C11H18O4. The Labute approximate surface area is 89.6 Å². The number of hydrogen-bond acceptors (Lipinski definition) is 3. The number of carbonyl (C=O) groups is 2. The third-order valence-corrected chi connectivity index (χ3v) is 4.18. The van der Waals surface area contributed by atoms with Crippen LogP contribution in [-0.2, 0) is 14.3 Å². The van der Waals surface area contributed by atoms with Gasteiger partial charge in [0.05, 0.1) is 18.4 Å². The number of rotatable bonds is 2. The average molecular weight is 214 g/mol. The van der Waals surface area contributed by atoms with Crippen molar-refractivity contribution >= 4 is 11.9 Å². The molecule has 0 bridgehead atoms. The van der Waals surface area contributed by atoms with Crippen molar-refractivity contribution in [3.05, 3.63) is 0 Å². The van der Waals surface area contributed by atoms with Crippen LogP contribution in [0.2, 0.25) is 0 Å². The van der Waals surface area contributed by atoms with Crippen LogP contribution in [0.15, 0.2) is 0 Å². The summed E-state index contributed by atoms with van der Waals surface area (Å²) < 4.78 is 4.71. The molecule has 1 fully saturated rings. The van der Waals surface area contributed by atoms with Gasteiger partial charge in [0.1, 0.15) is 0 Å². The molecule has 15 heavy (non-hydrogen) atoms. The van der Waals surface area contributed by atoms with Crippen LogP contribution >= 0.6 is 0 Å². The minimum absolute atomic E-state index is 0.301. The number of hydrogen-bond donors (Lipinski definition) is 1. The topological polar surface area (TPSA) is 63.6 Å². The van der Waals surface area contributed by atoms with E-state index in [0.717, 1.165) is 0 Å². The minimum Gasteiger partial charge on any atom is -0.481 e. The summed E-state index contributed by atoms with van der Waals surface area (Å²) in [5.74, 6) is -1.45. The first-order valence-electron chi connectivity index (χ1n) is 5.08. The van der Waals surface area contributed by atoms with Gasteiger partial charge >= 0.3 is 11.9 Å². The molecule has 1 aliphatic carbocycles. The number of methoxy groups -OCH3 is 1. The van der Waals surface area contributed by atoms with Crippen molar-refractivity contribution < 1.29 is 19.4 Å². The predicted molar refractivity (Wildman–Crippen MR) is 54.3 cm³/mol. The van der Waals surface area contributed by atoms with E-state index in [9.17, 15) is 14.7 Å². The summed E-state index contributed by atoms with van der Waals surface area (Å²) in [6.45, 7) is 5.36. The molecule has 0 aliphatic heterocycles. The summed E-state index contributed by atoms with van der Waals surface area (Å²) in [5, 5.41) is 9.23. The van der Waals surface area contributed by atoms with E-state index in [4.69, 9.17) is 4.74 Å². The molecule has 4 nitrogen and oxygen atoms in total. The fraction of sp³-hybridized carbons (Fsp3) is 0.818. The highest BCUT2D eigenvalue weighted by molar-refractivity contribution is 5.80. The second-order valence-corrected chi connectivity index (χ2v) is 4.97. The van der Waals surface area contributed by atoms with E-state index in [-0.39, 0.29) is 11.9 Å². The fourth-order valence-electron chi connectivity index (χ4n) is 2.44. The molecule has 0 amide bonds. The monoisotopic (exact) mass is 214 g/mol. The highest BCUT2D eigenvalue weighted by Crippen LogP contribution is 2.56. The molecule has 4 heteroatoms. The summed E-state index contributed by atoms with van der Waals surface area (Å²) >= 11 is 0. The number of ether oxygens (including phenoxy) is 1. The second-order valence-electron chi connectivity index (χ2n) is 4.97. The summed E-state index contributed by atoms with van der Waals surface area (Å²) in [6, 6.07) is 0. The minimum atomic E-state index is -0.841. The van der Waals surface area contributed by atoms with Crippen LogP contribution in [0.5, 0.6) is 0 Å². The molecule has 2 atom stereocenters. The van der Waals surface area contributed by atoms with Gasteiger partial charge in [-0.2, -0.15) is 0 Å². The van der Waals surface area contributed by atoms with E-state index in [0.29, 0.717) is 12.8 Å². The molecule has 1 rings (SSSR count). The van der Waals surface area contributed by atoms with Crippen LogP contribution in [0.25, 0.3) is 0 Å². The Kier molecular flexibility index (Phi) is 2.81. The van der Waals surface area contributed by atoms with Crippen LogP contribution in [0.3, 0.4) is 0 Å². The van der Waals surface area contributed by atoms with Gasteiger partial charge in [-0.05, 0) is 25.2 Å². The molecule has 0 aromatic heterocycles. The van der Waals surface area contributed by atoms with E-state index in [1.165, 1.54) is 7.11 Å². The van der Waals surface area contributed by atoms with Gasteiger partial charge < -0.3 is 9.84 Å². The molecule has 1 unspecified atom stereocenters. The van der Waals surface area contributed by atoms with Gasteiger partial charge in [-0.25, -0.2) is 0 Å². The Morgan fingerprint density at radius 2 is 1.87 bits per heavy atom. The van der Waals surface area contributed by atoms with Gasteiger partial charge in [0.2, 0.25) is 0 Å². The second kappa shape index (κ2) is 3.51. The molecule has 0 radical (unpaired) electrons. The predicted octanol–water partition coefficient (Wildman–Crippen LogP) is 1.69. The molecule has 0 saturated heterocycles. The quantitative estimate of drug-likeness (QED) is 0.710. The van der Waals surface area contributed by atoms with Crippen LogP contribution in [0, 0.1) is 16.7 Å². The van der Waals surface area contributed by atoms with Gasteiger partial charge in [0.15, 0.2) is 0 Å². The zero-order valence-corrected chi connectivity index (χ0v) is 9.66. The summed E-state index contributed by atoms with van der Waals surface area (Å²) in [7, 11) is 1.34. The number of aliphatic carboxylic acids is 1. The fourth-order valence-corrected chi connectivity index (χ4v) is 2.44. The van der Waals surface area contributed by atoms with E-state index >= 15 is 0 Å². The average Bonchev–Trinajstić information content (AvgIpc) is 2.39. The van der Waals surface area contributed by atoms with Crippen molar-refractivity contribution in [3.8, 4) is 0 Å². The van der Waals surface area contributed by atoms with Crippen LogP contribution in [0.4, 0.5) is 0 Å². The number of esters is 1. The van der Waals surface area contributed by atoms with Gasteiger partial charge in [-0.15, -0.1) is 0 Å². The Balaban J connectivity index is 3.04. The highest BCUT2D eigenvalue weighted by atomic mass is 16.5. The standard InChI is InChI=1S/C11H18O4/c1-10(2)7(8(12)15-4)5-6-11(10,3)9(13)14/h7H,5-6H2,1-4H3,(H,13,14)/t7?,11-/m1/s1. The maximum absolute atomic E-state index is 11.5. The third-order valence-electron chi connectivity index (χ3n) is 4.18. The van der Waals surface area contributed by atoms with Crippen molar-refractivity contribution in [2.45, 2.75) is 33.6 Å². The normalized spacial score (nSPS) is 33.7. The van der Waals surface area contributed by atoms with Gasteiger partial charge in [-0.3, -0.25) is 9.59 Å². The lowest BCUT2D eigenvalue weighted by Gasteiger charge is -2.37.